The summed E-state index contributed by atoms with van der Waals surface area (Å²) < 4.78 is 0. The lowest BCUT2D eigenvalue weighted by molar-refractivity contribution is -0.124. The number of rotatable bonds is 12. The van der Waals surface area contributed by atoms with E-state index >= 15 is 0 Å². The van der Waals surface area contributed by atoms with Gasteiger partial charge in [0.1, 0.15) is 0 Å². The molecule has 0 saturated heterocycles. The number of carbonyl (C=O) groups excluding carboxylic acids is 4. The first-order valence-corrected chi connectivity index (χ1v) is 13.6. The zero-order valence-corrected chi connectivity index (χ0v) is 24.3. The first kappa shape index (κ1) is 31.4. The number of nitrogens with zero attached hydrogens (tertiary/aromatic N) is 2. The van der Waals surface area contributed by atoms with Gasteiger partial charge in [-0.25, -0.2) is 10.9 Å². The molecule has 4 amide bonds. The number of hydrazone groups is 2. The summed E-state index contributed by atoms with van der Waals surface area (Å²) in [4.78, 5) is 48.3. The average molecular weight is 569 g/mol. The Hall–Kier alpha value is -5.12. The lowest BCUT2D eigenvalue weighted by Gasteiger charge is -2.07. The number of benzene rings is 3. The Kier molecular flexibility index (Phi) is 11.7. The first-order chi connectivity index (χ1) is 20.1. The maximum Gasteiger partial charge on any atom is 0.240 e. The lowest BCUT2D eigenvalue weighted by atomic mass is 10.1. The predicted molar refractivity (Wildman–Crippen MR) is 165 cm³/mol. The van der Waals surface area contributed by atoms with Gasteiger partial charge in [-0.15, -0.1) is 0 Å². The average Bonchev–Trinajstić information content (AvgIpc) is 2.95. The molecule has 0 heterocycles. The van der Waals surface area contributed by atoms with Crippen LogP contribution in [0.3, 0.4) is 0 Å². The van der Waals surface area contributed by atoms with Crippen LogP contribution in [0.25, 0.3) is 0 Å². The van der Waals surface area contributed by atoms with Crippen LogP contribution in [0.5, 0.6) is 0 Å². The number of carbonyl (C=O) groups is 4. The van der Waals surface area contributed by atoms with Gasteiger partial charge in [-0.3, -0.25) is 19.2 Å². The third-order valence-electron chi connectivity index (χ3n) is 6.48. The normalized spacial score (nSPS) is 11.0. The molecule has 0 radical (unpaired) electrons. The molecule has 0 atom stereocenters. The number of aryl methyl sites for hydroxylation is 4. The van der Waals surface area contributed by atoms with E-state index in [0.717, 1.165) is 33.4 Å². The largest absolute Gasteiger partial charge is 0.326 e. The topological polar surface area (TPSA) is 141 Å². The molecule has 0 unspecified atom stereocenters. The highest BCUT2D eigenvalue weighted by atomic mass is 16.2. The van der Waals surface area contributed by atoms with Gasteiger partial charge in [-0.2, -0.15) is 10.2 Å². The van der Waals surface area contributed by atoms with Crippen molar-refractivity contribution < 1.29 is 19.2 Å². The van der Waals surface area contributed by atoms with Gasteiger partial charge in [0, 0.05) is 37.1 Å². The smallest absolute Gasteiger partial charge is 0.240 e. The number of hydrogen-bond acceptors (Lipinski definition) is 6. The van der Waals surface area contributed by atoms with Crippen LogP contribution < -0.4 is 21.5 Å². The second-order valence-corrected chi connectivity index (χ2v) is 9.95. The van der Waals surface area contributed by atoms with Crippen LogP contribution in [0, 0.1) is 27.7 Å². The van der Waals surface area contributed by atoms with E-state index in [0.29, 0.717) is 11.4 Å². The maximum atomic E-state index is 12.1. The number of amides is 4. The van der Waals surface area contributed by atoms with Crippen molar-refractivity contribution in [2.75, 3.05) is 10.6 Å². The van der Waals surface area contributed by atoms with Crippen LogP contribution in [-0.2, 0) is 19.2 Å². The molecule has 0 aromatic heterocycles. The van der Waals surface area contributed by atoms with Crippen LogP contribution in [0.4, 0.5) is 11.4 Å². The van der Waals surface area contributed by atoms with Gasteiger partial charge in [0.25, 0.3) is 0 Å². The zero-order valence-electron chi connectivity index (χ0n) is 24.3. The Morgan fingerprint density at radius 2 is 0.881 bits per heavy atom. The Morgan fingerprint density at radius 1 is 0.524 bits per heavy atom. The Bertz CT molecular complexity index is 1380. The Balaban J connectivity index is 1.33. The summed E-state index contributed by atoms with van der Waals surface area (Å²) in [6.45, 7) is 7.94. The van der Waals surface area contributed by atoms with Crippen molar-refractivity contribution in [1.82, 2.24) is 10.9 Å². The predicted octanol–water partition coefficient (Wildman–Crippen LogP) is 4.66. The van der Waals surface area contributed by atoms with E-state index in [1.807, 2.05) is 64.1 Å². The molecule has 4 N–H and O–H groups in total. The summed E-state index contributed by atoms with van der Waals surface area (Å²) in [5.74, 6) is -1.23. The third kappa shape index (κ3) is 10.8. The minimum absolute atomic E-state index is 0.00621. The highest BCUT2D eigenvalue weighted by molar-refractivity contribution is 5.94. The van der Waals surface area contributed by atoms with E-state index in [9.17, 15) is 19.2 Å². The van der Waals surface area contributed by atoms with E-state index in [1.54, 1.807) is 24.3 Å². The van der Waals surface area contributed by atoms with Crippen molar-refractivity contribution in [1.29, 1.82) is 0 Å². The molecule has 0 fully saturated rings. The van der Waals surface area contributed by atoms with Crippen molar-refractivity contribution in [2.45, 2.75) is 53.4 Å². The van der Waals surface area contributed by atoms with Gasteiger partial charge in [-0.05, 0) is 85.3 Å². The molecular weight excluding hydrogens is 532 g/mol. The minimum Gasteiger partial charge on any atom is -0.326 e. The molecule has 10 nitrogen and oxygen atoms in total. The van der Waals surface area contributed by atoms with Crippen LogP contribution in [0.1, 0.15) is 59.1 Å². The Morgan fingerprint density at radius 3 is 1.24 bits per heavy atom. The molecule has 0 aliphatic heterocycles. The van der Waals surface area contributed by atoms with Gasteiger partial charge in [0.05, 0.1) is 12.4 Å². The van der Waals surface area contributed by atoms with E-state index in [-0.39, 0.29) is 49.3 Å². The highest BCUT2D eigenvalue weighted by Crippen LogP contribution is 2.15. The molecule has 0 saturated carbocycles. The van der Waals surface area contributed by atoms with E-state index < -0.39 is 0 Å². The minimum atomic E-state index is -0.372. The highest BCUT2D eigenvalue weighted by Gasteiger charge is 2.08. The first-order valence-electron chi connectivity index (χ1n) is 13.6. The molecular formula is C32H36N6O4. The van der Waals surface area contributed by atoms with Crippen LogP contribution >= 0.6 is 0 Å². The Labute approximate surface area is 245 Å². The molecule has 3 rings (SSSR count). The summed E-state index contributed by atoms with van der Waals surface area (Å²) in [7, 11) is 0. The van der Waals surface area contributed by atoms with Gasteiger partial charge in [0.2, 0.25) is 23.6 Å². The van der Waals surface area contributed by atoms with Gasteiger partial charge >= 0.3 is 0 Å². The summed E-state index contributed by atoms with van der Waals surface area (Å²) >= 11 is 0. The molecule has 3 aromatic carbocycles. The molecule has 0 aliphatic carbocycles. The number of anilines is 2. The standard InChI is InChI=1S/C32H36N6O4/c1-21-5-11-27(17-23(21)3)35-29(39)13-15-31(41)37-33-19-25-7-9-26(10-8-25)20-34-38-32(42)16-14-30(40)36-28-12-6-22(2)24(4)18-28/h5-12,17-20H,13-16H2,1-4H3,(H,35,39)(H,36,40)(H,37,41)(H,38,42)/b33-19+,34-20+. The maximum absolute atomic E-state index is 12.1. The van der Waals surface area contributed by atoms with Crippen LogP contribution in [0.15, 0.2) is 70.9 Å². The van der Waals surface area contributed by atoms with Gasteiger partial charge in [0.15, 0.2) is 0 Å². The van der Waals surface area contributed by atoms with Gasteiger partial charge < -0.3 is 10.6 Å². The summed E-state index contributed by atoms with van der Waals surface area (Å²) in [5, 5.41) is 13.4. The molecule has 0 aliphatic rings. The quantitative estimate of drug-likeness (QED) is 0.186. The monoisotopic (exact) mass is 568 g/mol. The summed E-state index contributed by atoms with van der Waals surface area (Å²) in [5.41, 5.74) is 12.1. The molecule has 218 valence electrons. The fourth-order valence-corrected chi connectivity index (χ4v) is 3.68. The summed E-state index contributed by atoms with van der Waals surface area (Å²) in [6.07, 6.45) is 3.06. The van der Waals surface area contributed by atoms with Gasteiger partial charge in [-0.1, -0.05) is 36.4 Å². The fourth-order valence-electron chi connectivity index (χ4n) is 3.68. The second kappa shape index (κ2) is 15.6. The fraction of sp³-hybridized carbons (Fsp3) is 0.250. The van der Waals surface area contributed by atoms with E-state index in [4.69, 9.17) is 0 Å². The van der Waals surface area contributed by atoms with Crippen LogP contribution in [0.2, 0.25) is 0 Å². The van der Waals surface area contributed by atoms with Crippen molar-refractivity contribution >= 4 is 47.4 Å². The van der Waals surface area contributed by atoms with Crippen molar-refractivity contribution in [3.63, 3.8) is 0 Å². The lowest BCUT2D eigenvalue weighted by Crippen LogP contribution is -2.20. The van der Waals surface area contributed by atoms with Crippen LogP contribution in [-0.4, -0.2) is 36.1 Å². The molecule has 3 aromatic rings. The zero-order chi connectivity index (χ0) is 30.5. The molecule has 0 spiro atoms. The SMILES string of the molecule is Cc1ccc(NC(=O)CCC(=O)N/N=C/c2ccc(/C=N/NC(=O)CCC(=O)Nc3ccc(C)c(C)c3)cc2)cc1C. The molecule has 10 heteroatoms. The van der Waals surface area contributed by atoms with Crippen molar-refractivity contribution in [2.24, 2.45) is 10.2 Å². The second-order valence-electron chi connectivity index (χ2n) is 9.95. The number of nitrogens with one attached hydrogen (secondary N) is 4. The van der Waals surface area contributed by atoms with E-state index in [2.05, 4.69) is 31.7 Å². The number of hydrogen-bond donors (Lipinski definition) is 4. The van der Waals surface area contributed by atoms with E-state index in [1.165, 1.54) is 12.4 Å². The third-order valence-corrected chi connectivity index (χ3v) is 6.48. The van der Waals surface area contributed by atoms with Crippen molar-refractivity contribution in [3.8, 4) is 0 Å². The summed E-state index contributed by atoms with van der Waals surface area (Å²) in [6, 6.07) is 18.4. The van der Waals surface area contributed by atoms with Crippen molar-refractivity contribution in [3.05, 3.63) is 94.0 Å². The molecule has 0 bridgehead atoms. The molecule has 42 heavy (non-hydrogen) atoms.